The van der Waals surface area contributed by atoms with E-state index < -0.39 is 15.3 Å². The number of alkyl halides is 3. The van der Waals surface area contributed by atoms with Crippen molar-refractivity contribution in [3.05, 3.63) is 104 Å². The van der Waals surface area contributed by atoms with E-state index in [9.17, 15) is 18.4 Å². The van der Waals surface area contributed by atoms with Crippen LogP contribution in [0.25, 0.3) is 0 Å². The van der Waals surface area contributed by atoms with Gasteiger partial charge in [-0.15, -0.1) is 0 Å². The molecule has 0 spiro atoms. The van der Waals surface area contributed by atoms with E-state index in [0.29, 0.717) is 6.42 Å². The fraction of sp³-hybridized carbons (Fsp3) is 0.296. The molecule has 0 saturated heterocycles. The summed E-state index contributed by atoms with van der Waals surface area (Å²) in [7, 11) is 5.48. The van der Waals surface area contributed by atoms with Gasteiger partial charge in [-0.05, 0) is 41.8 Å². The highest BCUT2D eigenvalue weighted by Gasteiger charge is 2.27. The van der Waals surface area contributed by atoms with Crippen LogP contribution < -0.4 is 21.6 Å². The number of hydrogen-bond donors (Lipinski definition) is 1. The number of rotatable bonds is 9. The number of nitrogens with zero attached hydrogens (tertiary/aromatic N) is 4. The van der Waals surface area contributed by atoms with E-state index in [1.807, 2.05) is 61.5 Å². The Kier molecular flexibility index (Phi) is 8.46. The van der Waals surface area contributed by atoms with Crippen LogP contribution in [0.3, 0.4) is 0 Å². The van der Waals surface area contributed by atoms with Crippen LogP contribution in [0.15, 0.2) is 81.9 Å². The predicted octanol–water partition coefficient (Wildman–Crippen LogP) is 4.65. The Morgan fingerprint density at radius 3 is 2.47 bits per heavy atom. The number of allylic oxidation sites excluding steroid dienone is 2. The summed E-state index contributed by atoms with van der Waals surface area (Å²) in [6, 6.07) is 13.2. The highest BCUT2D eigenvalue weighted by molar-refractivity contribution is 14.1. The van der Waals surface area contributed by atoms with Crippen molar-refractivity contribution in [3.8, 4) is 0 Å². The standard InChI is InChI=1S/C27H28F2IN5O3/c1-33(2)22-11-7-18(8-12-22)16-34-24(31-21-6-4-5-20(15-21)27(28,29)30)32-25(36)35(26(34)37)17-19-9-13-23(38-3)14-10-19/h4-13,15,23H,14,16-17H2,1-3H3,(H,31,32,36). The first-order valence-electron chi connectivity index (χ1n) is 11.9. The molecule has 38 heavy (non-hydrogen) atoms. The summed E-state index contributed by atoms with van der Waals surface area (Å²) in [5.41, 5.74) is 1.35. The smallest absolute Gasteiger partial charge is 0.355 e. The Hall–Kier alpha value is -3.32. The highest BCUT2D eigenvalue weighted by Crippen LogP contribution is 2.36. The highest BCUT2D eigenvalue weighted by atomic mass is 127. The van der Waals surface area contributed by atoms with Crippen molar-refractivity contribution in [2.24, 2.45) is 0 Å². The maximum Gasteiger partial charge on any atom is 0.355 e. The lowest BCUT2D eigenvalue weighted by atomic mass is 10.1. The van der Waals surface area contributed by atoms with Crippen molar-refractivity contribution in [3.63, 3.8) is 0 Å². The van der Waals surface area contributed by atoms with E-state index >= 15 is 0 Å². The quantitative estimate of drug-likeness (QED) is 0.273. The molecule has 0 bridgehead atoms. The van der Waals surface area contributed by atoms with Crippen molar-refractivity contribution in [2.75, 3.05) is 31.4 Å². The second kappa shape index (κ2) is 11.6. The fourth-order valence-corrected chi connectivity index (χ4v) is 4.34. The zero-order chi connectivity index (χ0) is 27.4. The molecule has 1 unspecified atom stereocenters. The van der Waals surface area contributed by atoms with Gasteiger partial charge >= 0.3 is 15.3 Å². The van der Waals surface area contributed by atoms with Gasteiger partial charge in [0.1, 0.15) is 0 Å². The van der Waals surface area contributed by atoms with Gasteiger partial charge in [0, 0.05) is 60.7 Å². The Bertz CT molecular complexity index is 1470. The molecule has 0 saturated carbocycles. The van der Waals surface area contributed by atoms with Crippen molar-refractivity contribution in [2.45, 2.75) is 29.5 Å². The number of methoxy groups -OCH3 is 1. The SMILES string of the molecule is COC1C=CC(Cn2c(=O)nc(Nc3cccc(C(F)(F)I)c3)n(Cc3ccc(N(C)C)cc3)c2=O)=CC1. The second-order valence-electron chi connectivity index (χ2n) is 9.09. The van der Waals surface area contributed by atoms with Gasteiger partial charge in [0.25, 0.3) is 0 Å². The summed E-state index contributed by atoms with van der Waals surface area (Å²) in [5.74, 6) is -0.0329. The fourth-order valence-electron chi connectivity index (χ4n) is 4.01. The number of benzene rings is 2. The zero-order valence-corrected chi connectivity index (χ0v) is 23.4. The molecule has 0 radical (unpaired) electrons. The van der Waals surface area contributed by atoms with E-state index in [4.69, 9.17) is 4.74 Å². The summed E-state index contributed by atoms with van der Waals surface area (Å²) in [6.45, 7) is 0.166. The Labute approximate surface area is 232 Å². The third-order valence-corrected chi connectivity index (χ3v) is 6.79. The van der Waals surface area contributed by atoms with Crippen LogP contribution in [0, 0.1) is 0 Å². The zero-order valence-electron chi connectivity index (χ0n) is 21.2. The molecule has 1 heterocycles. The minimum Gasteiger partial charge on any atom is -0.378 e. The Balaban J connectivity index is 1.74. The van der Waals surface area contributed by atoms with Gasteiger partial charge in [-0.1, -0.05) is 42.5 Å². The van der Waals surface area contributed by atoms with E-state index in [0.717, 1.165) is 44.0 Å². The molecule has 1 aliphatic carbocycles. The van der Waals surface area contributed by atoms with Gasteiger partial charge in [0.15, 0.2) is 0 Å². The van der Waals surface area contributed by atoms with Crippen LogP contribution in [0.5, 0.6) is 0 Å². The number of anilines is 3. The molecule has 11 heteroatoms. The topological polar surface area (TPSA) is 81.4 Å². The first-order chi connectivity index (χ1) is 18.0. The number of hydrogen-bond acceptors (Lipinski definition) is 6. The van der Waals surface area contributed by atoms with Crippen LogP contribution in [0.2, 0.25) is 0 Å². The molecule has 200 valence electrons. The first kappa shape index (κ1) is 27.7. The van der Waals surface area contributed by atoms with E-state index in [-0.39, 0.29) is 36.4 Å². The molecule has 0 amide bonds. The second-order valence-corrected chi connectivity index (χ2v) is 10.4. The van der Waals surface area contributed by atoms with Crippen LogP contribution in [0.4, 0.5) is 26.1 Å². The van der Waals surface area contributed by atoms with Crippen molar-refractivity contribution < 1.29 is 13.5 Å². The van der Waals surface area contributed by atoms with Crippen molar-refractivity contribution >= 4 is 39.9 Å². The molecule has 1 N–H and O–H groups in total. The van der Waals surface area contributed by atoms with Crippen molar-refractivity contribution in [1.82, 2.24) is 14.1 Å². The third kappa shape index (κ3) is 6.57. The number of ether oxygens (including phenoxy) is 1. The van der Waals surface area contributed by atoms with Crippen LogP contribution in [0.1, 0.15) is 17.5 Å². The Morgan fingerprint density at radius 1 is 1.13 bits per heavy atom. The molecule has 1 atom stereocenters. The molecule has 3 aromatic rings. The minimum atomic E-state index is -3.08. The first-order valence-corrected chi connectivity index (χ1v) is 13.0. The van der Waals surface area contributed by atoms with E-state index in [1.165, 1.54) is 22.8 Å². The average molecular weight is 635 g/mol. The Morgan fingerprint density at radius 2 is 1.87 bits per heavy atom. The van der Waals surface area contributed by atoms with Crippen LogP contribution >= 0.6 is 22.6 Å². The summed E-state index contributed by atoms with van der Waals surface area (Å²) in [6.07, 6.45) is 6.22. The maximum absolute atomic E-state index is 13.9. The molecular formula is C27H28F2IN5O3. The predicted molar refractivity (Wildman–Crippen MR) is 153 cm³/mol. The van der Waals surface area contributed by atoms with Gasteiger partial charge in [-0.25, -0.2) is 14.2 Å². The van der Waals surface area contributed by atoms with Crippen LogP contribution in [-0.2, 0) is 21.8 Å². The molecule has 0 fully saturated rings. The molecular weight excluding hydrogens is 607 g/mol. The van der Waals surface area contributed by atoms with Gasteiger partial charge in [0.2, 0.25) is 5.95 Å². The number of aromatic nitrogens is 3. The van der Waals surface area contributed by atoms with Gasteiger partial charge in [-0.3, -0.25) is 4.57 Å². The lowest BCUT2D eigenvalue weighted by Gasteiger charge is -2.18. The summed E-state index contributed by atoms with van der Waals surface area (Å²) < 4.78 is 32.4. The number of halogens is 3. The molecule has 0 aliphatic heterocycles. The maximum atomic E-state index is 13.9. The molecule has 4 rings (SSSR count). The van der Waals surface area contributed by atoms with Gasteiger partial charge in [-0.2, -0.15) is 13.8 Å². The normalized spacial score (nSPS) is 15.3. The summed E-state index contributed by atoms with van der Waals surface area (Å²) >= 11 is 1.06. The number of nitrogens with one attached hydrogen (secondary N) is 1. The lowest BCUT2D eigenvalue weighted by molar-refractivity contribution is 0.127. The van der Waals surface area contributed by atoms with Gasteiger partial charge < -0.3 is 15.0 Å². The van der Waals surface area contributed by atoms with Gasteiger partial charge in [0.05, 0.1) is 19.2 Å². The van der Waals surface area contributed by atoms with Crippen molar-refractivity contribution in [1.29, 1.82) is 0 Å². The molecule has 1 aromatic heterocycles. The van der Waals surface area contributed by atoms with Crippen LogP contribution in [-0.4, -0.2) is 41.4 Å². The largest absolute Gasteiger partial charge is 0.378 e. The molecule has 8 nitrogen and oxygen atoms in total. The molecule has 2 aromatic carbocycles. The monoisotopic (exact) mass is 635 g/mol. The average Bonchev–Trinajstić information content (AvgIpc) is 2.89. The lowest BCUT2D eigenvalue weighted by Crippen LogP contribution is -2.43. The molecule has 1 aliphatic rings. The summed E-state index contributed by atoms with van der Waals surface area (Å²) in [4.78, 5) is 32.7. The van der Waals surface area contributed by atoms with E-state index in [1.54, 1.807) is 13.2 Å². The summed E-state index contributed by atoms with van der Waals surface area (Å²) in [5, 5.41) is 2.91. The third-order valence-electron chi connectivity index (χ3n) is 6.17. The minimum absolute atomic E-state index is 0.0329. The van der Waals surface area contributed by atoms with E-state index in [2.05, 4.69) is 10.3 Å².